The fraction of sp³-hybridized carbons (Fsp3) is 0.0909. The number of aromatic nitrogens is 2. The van der Waals surface area contributed by atoms with Crippen LogP contribution in [0.15, 0.2) is 72.4 Å². The number of nitrogens with one attached hydrogen (secondary N) is 1. The summed E-state index contributed by atoms with van der Waals surface area (Å²) in [5.74, 6) is 0.539. The SMILES string of the molecule is O=C(Nc1cnn(Cc2ccccc2Cl)c1)c1cc(COc2ccc(Cl)cc2)cs1. The summed E-state index contributed by atoms with van der Waals surface area (Å²) in [5, 5.41) is 10.4. The molecule has 0 bridgehead atoms. The molecule has 0 radical (unpaired) electrons. The number of ether oxygens (including phenoxy) is 1. The molecule has 5 nitrogen and oxygen atoms in total. The van der Waals surface area contributed by atoms with Crippen LogP contribution in [0.1, 0.15) is 20.8 Å². The number of rotatable bonds is 7. The topological polar surface area (TPSA) is 56.2 Å². The fourth-order valence-electron chi connectivity index (χ4n) is 2.78. The van der Waals surface area contributed by atoms with E-state index in [1.807, 2.05) is 47.8 Å². The highest BCUT2D eigenvalue weighted by atomic mass is 35.5. The Balaban J connectivity index is 1.34. The number of carbonyl (C=O) groups is 1. The Labute approximate surface area is 187 Å². The molecule has 0 atom stereocenters. The number of nitrogens with zero attached hydrogens (tertiary/aromatic N) is 2. The summed E-state index contributed by atoms with van der Waals surface area (Å²) in [5.41, 5.74) is 2.51. The van der Waals surface area contributed by atoms with E-state index in [4.69, 9.17) is 27.9 Å². The van der Waals surface area contributed by atoms with Crippen molar-refractivity contribution in [2.45, 2.75) is 13.2 Å². The van der Waals surface area contributed by atoms with Crippen molar-refractivity contribution in [3.8, 4) is 5.75 Å². The molecule has 0 aliphatic rings. The predicted molar refractivity (Wildman–Crippen MR) is 121 cm³/mol. The molecule has 0 aliphatic carbocycles. The average Bonchev–Trinajstić information content (AvgIpc) is 3.39. The third kappa shape index (κ3) is 5.21. The van der Waals surface area contributed by atoms with Gasteiger partial charge in [-0.15, -0.1) is 11.3 Å². The van der Waals surface area contributed by atoms with Crippen LogP contribution >= 0.6 is 34.5 Å². The molecule has 2 aromatic heterocycles. The Hall–Kier alpha value is -2.80. The molecular weight excluding hydrogens is 441 g/mol. The van der Waals surface area contributed by atoms with E-state index in [9.17, 15) is 4.79 Å². The van der Waals surface area contributed by atoms with Crippen molar-refractivity contribution in [3.05, 3.63) is 98.4 Å². The first-order valence-electron chi connectivity index (χ1n) is 9.10. The lowest BCUT2D eigenvalue weighted by Crippen LogP contribution is -2.09. The molecule has 1 N–H and O–H groups in total. The van der Waals surface area contributed by atoms with E-state index in [-0.39, 0.29) is 5.91 Å². The van der Waals surface area contributed by atoms with Gasteiger partial charge in [0.1, 0.15) is 12.4 Å². The number of halogens is 2. The van der Waals surface area contributed by atoms with Gasteiger partial charge in [0.25, 0.3) is 5.91 Å². The van der Waals surface area contributed by atoms with Crippen LogP contribution in [0.2, 0.25) is 10.0 Å². The quantitative estimate of drug-likeness (QED) is 0.363. The first kappa shape index (κ1) is 20.5. The Kier molecular flexibility index (Phi) is 6.38. The maximum atomic E-state index is 12.5. The Bertz CT molecular complexity index is 1160. The lowest BCUT2D eigenvalue weighted by atomic mass is 10.2. The van der Waals surface area contributed by atoms with Gasteiger partial charge in [0.2, 0.25) is 0 Å². The summed E-state index contributed by atoms with van der Waals surface area (Å²) in [6.45, 7) is 0.905. The third-order valence-electron chi connectivity index (χ3n) is 4.28. The molecule has 0 fully saturated rings. The number of anilines is 1. The molecule has 1 amide bonds. The zero-order valence-corrected chi connectivity index (χ0v) is 18.0. The van der Waals surface area contributed by atoms with Crippen molar-refractivity contribution in [3.63, 3.8) is 0 Å². The molecule has 8 heteroatoms. The number of amides is 1. The Morgan fingerprint density at radius 1 is 1.13 bits per heavy atom. The van der Waals surface area contributed by atoms with E-state index in [0.29, 0.717) is 33.8 Å². The summed E-state index contributed by atoms with van der Waals surface area (Å²) in [7, 11) is 0. The van der Waals surface area contributed by atoms with Gasteiger partial charge in [-0.3, -0.25) is 9.48 Å². The van der Waals surface area contributed by atoms with Gasteiger partial charge in [0, 0.05) is 21.8 Å². The molecule has 0 saturated carbocycles. The van der Waals surface area contributed by atoms with Crippen LogP contribution in [0.3, 0.4) is 0 Å². The summed E-state index contributed by atoms with van der Waals surface area (Å²) in [6, 6.07) is 16.6. The third-order valence-corrected chi connectivity index (χ3v) is 5.88. The molecule has 2 heterocycles. The number of hydrogen-bond donors (Lipinski definition) is 1. The molecule has 0 unspecified atom stereocenters. The summed E-state index contributed by atoms with van der Waals surface area (Å²) >= 11 is 13.4. The van der Waals surface area contributed by atoms with Gasteiger partial charge in [-0.25, -0.2) is 0 Å². The van der Waals surface area contributed by atoms with Crippen molar-refractivity contribution in [2.24, 2.45) is 0 Å². The number of benzene rings is 2. The van der Waals surface area contributed by atoms with Crippen LogP contribution in [-0.4, -0.2) is 15.7 Å². The average molecular weight is 458 g/mol. The zero-order valence-electron chi connectivity index (χ0n) is 15.7. The highest BCUT2D eigenvalue weighted by Gasteiger charge is 2.12. The first-order valence-corrected chi connectivity index (χ1v) is 10.7. The highest BCUT2D eigenvalue weighted by Crippen LogP contribution is 2.21. The largest absolute Gasteiger partial charge is 0.489 e. The molecule has 152 valence electrons. The van der Waals surface area contributed by atoms with Crippen LogP contribution in [-0.2, 0) is 13.2 Å². The van der Waals surface area contributed by atoms with Crippen LogP contribution < -0.4 is 10.1 Å². The molecule has 2 aromatic carbocycles. The van der Waals surface area contributed by atoms with Gasteiger partial charge in [0.15, 0.2) is 0 Å². The second kappa shape index (κ2) is 9.34. The second-order valence-electron chi connectivity index (χ2n) is 6.53. The number of hydrogen-bond acceptors (Lipinski definition) is 4. The van der Waals surface area contributed by atoms with Crippen LogP contribution in [0.4, 0.5) is 5.69 Å². The smallest absolute Gasteiger partial charge is 0.265 e. The highest BCUT2D eigenvalue weighted by molar-refractivity contribution is 7.12. The molecule has 4 aromatic rings. The normalized spacial score (nSPS) is 10.7. The molecule has 0 saturated heterocycles. The van der Waals surface area contributed by atoms with E-state index >= 15 is 0 Å². The lowest BCUT2D eigenvalue weighted by molar-refractivity contribution is 0.103. The van der Waals surface area contributed by atoms with E-state index in [1.165, 1.54) is 11.3 Å². The molecule has 30 heavy (non-hydrogen) atoms. The van der Waals surface area contributed by atoms with E-state index in [2.05, 4.69) is 10.4 Å². The lowest BCUT2D eigenvalue weighted by Gasteiger charge is -2.04. The molecule has 0 aliphatic heterocycles. The summed E-state index contributed by atoms with van der Waals surface area (Å²) < 4.78 is 7.45. The number of carbonyl (C=O) groups excluding carboxylic acids is 1. The van der Waals surface area contributed by atoms with Gasteiger partial charge in [-0.1, -0.05) is 41.4 Å². The molecule has 0 spiro atoms. The van der Waals surface area contributed by atoms with Crippen LogP contribution in [0.25, 0.3) is 0 Å². The van der Waals surface area contributed by atoms with Crippen LogP contribution in [0, 0.1) is 0 Å². The minimum Gasteiger partial charge on any atom is -0.489 e. The van der Waals surface area contributed by atoms with Crippen molar-refractivity contribution < 1.29 is 9.53 Å². The maximum Gasteiger partial charge on any atom is 0.265 e. The van der Waals surface area contributed by atoms with Gasteiger partial charge in [-0.2, -0.15) is 5.10 Å². The van der Waals surface area contributed by atoms with Crippen molar-refractivity contribution in [2.75, 3.05) is 5.32 Å². The molecule has 4 rings (SSSR count). The maximum absolute atomic E-state index is 12.5. The van der Waals surface area contributed by atoms with E-state index in [0.717, 1.165) is 16.9 Å². The Morgan fingerprint density at radius 3 is 2.73 bits per heavy atom. The van der Waals surface area contributed by atoms with Gasteiger partial charge >= 0.3 is 0 Å². The minimum atomic E-state index is -0.185. The second-order valence-corrected chi connectivity index (χ2v) is 8.29. The van der Waals surface area contributed by atoms with E-state index in [1.54, 1.807) is 29.2 Å². The van der Waals surface area contributed by atoms with Gasteiger partial charge in [0.05, 0.1) is 23.3 Å². The van der Waals surface area contributed by atoms with Crippen LogP contribution in [0.5, 0.6) is 5.75 Å². The summed E-state index contributed by atoms with van der Waals surface area (Å²) in [4.78, 5) is 13.1. The van der Waals surface area contributed by atoms with Gasteiger partial charge < -0.3 is 10.1 Å². The Morgan fingerprint density at radius 2 is 1.93 bits per heavy atom. The number of thiophene rings is 1. The van der Waals surface area contributed by atoms with Crippen molar-refractivity contribution in [1.82, 2.24) is 9.78 Å². The monoisotopic (exact) mass is 457 g/mol. The first-order chi connectivity index (χ1) is 14.6. The predicted octanol–water partition coefficient (Wildman–Crippen LogP) is 6.13. The molecular formula is C22H17Cl2N3O2S. The fourth-order valence-corrected chi connectivity index (χ4v) is 3.89. The zero-order chi connectivity index (χ0) is 20.9. The minimum absolute atomic E-state index is 0.185. The standard InChI is InChI=1S/C22H17Cl2N3O2S/c23-17-5-7-19(8-6-17)29-13-15-9-21(30-14-15)22(28)26-18-10-25-27(12-18)11-16-3-1-2-4-20(16)24/h1-10,12,14H,11,13H2,(H,26,28). The van der Waals surface area contributed by atoms with Crippen molar-refractivity contribution >= 4 is 46.1 Å². The van der Waals surface area contributed by atoms with Crippen molar-refractivity contribution in [1.29, 1.82) is 0 Å². The van der Waals surface area contributed by atoms with E-state index < -0.39 is 0 Å². The summed E-state index contributed by atoms with van der Waals surface area (Å²) in [6.07, 6.45) is 3.40. The van der Waals surface area contributed by atoms with Gasteiger partial charge in [-0.05, 0) is 47.3 Å².